The minimum atomic E-state index is -4.68. The average Bonchev–Trinajstić information content (AvgIpc) is 1.58. The van der Waals surface area contributed by atoms with Crippen molar-refractivity contribution >= 4 is 43.6 Å². The number of hydrogen-bond donors (Lipinski definition) is 0. The summed E-state index contributed by atoms with van der Waals surface area (Å²) in [5, 5.41) is 25.9. The number of alkyl halides is 3. The summed E-state index contributed by atoms with van der Waals surface area (Å²) in [5.41, 5.74) is 30.3. The van der Waals surface area contributed by atoms with Crippen molar-refractivity contribution in [2.24, 2.45) is 0 Å². The molecule has 13 aromatic rings. The molecule has 0 saturated heterocycles. The highest BCUT2D eigenvalue weighted by Gasteiger charge is 2.32. The molecule has 0 fully saturated rings. The molecule has 0 atom stereocenters. The lowest BCUT2D eigenvalue weighted by atomic mass is 9.89. The summed E-state index contributed by atoms with van der Waals surface area (Å²) in [4.78, 5) is 0. The molecule has 2 heterocycles. The fourth-order valence-corrected chi connectivity index (χ4v) is 14.9. The lowest BCUT2D eigenvalue weighted by Crippen LogP contribution is -2.06. The molecular weight excluding hydrogens is 1090 g/mol. The van der Waals surface area contributed by atoms with Gasteiger partial charge in [-0.05, 0) is 274 Å². The predicted octanol–water partition coefficient (Wildman–Crippen LogP) is 22.3. The molecule has 0 spiro atoms. The summed E-state index contributed by atoms with van der Waals surface area (Å²) in [6.45, 7) is 25.9. The smallest absolute Gasteiger partial charge is 0.309 e. The van der Waals surface area contributed by atoms with Crippen molar-refractivity contribution in [3.05, 3.63) is 259 Å². The molecule has 0 N–H and O–H groups in total. The second-order valence-corrected chi connectivity index (χ2v) is 24.6. The van der Waals surface area contributed by atoms with E-state index >= 15 is 0 Å². The maximum atomic E-state index is 14.6. The van der Waals surface area contributed by atoms with E-state index in [2.05, 4.69) is 232 Å². The van der Waals surface area contributed by atoms with Crippen LogP contribution in [-0.4, -0.2) is 9.13 Å². The molecule has 0 aliphatic rings. The van der Waals surface area contributed by atoms with Gasteiger partial charge in [-0.15, -0.1) is 0 Å². The third kappa shape index (κ3) is 9.54. The van der Waals surface area contributed by atoms with E-state index in [9.17, 15) is 23.7 Å². The van der Waals surface area contributed by atoms with Gasteiger partial charge in [0.2, 0.25) is 0 Å². The Morgan fingerprint density at radius 3 is 1.03 bits per heavy atom. The first-order valence-corrected chi connectivity index (χ1v) is 29.9. The fraction of sp³-hybridized carbons (Fsp3) is 0.160. The Balaban J connectivity index is 1.12. The summed E-state index contributed by atoms with van der Waals surface area (Å²) in [6.07, 6.45) is -4.68. The van der Waals surface area contributed by atoms with E-state index in [0.717, 1.165) is 89.4 Å². The monoisotopic (exact) mass is 1150 g/mol. The summed E-state index contributed by atoms with van der Waals surface area (Å²) < 4.78 is 48.2. The van der Waals surface area contributed by atoms with Gasteiger partial charge < -0.3 is 9.13 Å². The molecule has 0 aliphatic carbocycles. The van der Waals surface area contributed by atoms with Crippen LogP contribution in [0.15, 0.2) is 176 Å². The number of benzene rings is 11. The van der Waals surface area contributed by atoms with Gasteiger partial charge in [-0.25, -0.2) is 0 Å². The van der Waals surface area contributed by atoms with E-state index in [1.54, 1.807) is 0 Å². The average molecular weight is 1150 g/mol. The highest BCUT2D eigenvalue weighted by atomic mass is 19.4. The maximum absolute atomic E-state index is 14.6. The highest BCUT2D eigenvalue weighted by molar-refractivity contribution is 6.14. The molecule has 4 nitrogen and oxygen atoms in total. The molecular formula is C81H65F3N4. The number of nitriles is 2. The summed E-state index contributed by atoms with van der Waals surface area (Å²) in [6, 6.07) is 64.3. The molecule has 0 bridgehead atoms. The van der Waals surface area contributed by atoms with Crippen molar-refractivity contribution in [1.82, 2.24) is 9.13 Å². The molecule has 0 saturated carbocycles. The van der Waals surface area contributed by atoms with Crippen molar-refractivity contribution < 1.29 is 13.2 Å². The number of fused-ring (bicyclic) bond motifs is 6. The van der Waals surface area contributed by atoms with Crippen molar-refractivity contribution in [3.8, 4) is 90.3 Å². The van der Waals surface area contributed by atoms with Crippen LogP contribution in [0.5, 0.6) is 0 Å². The predicted molar refractivity (Wildman–Crippen MR) is 359 cm³/mol. The first-order valence-electron chi connectivity index (χ1n) is 29.9. The van der Waals surface area contributed by atoms with E-state index < -0.39 is 11.7 Å². The minimum Gasteiger partial charge on any atom is -0.309 e. The van der Waals surface area contributed by atoms with E-state index in [1.165, 1.54) is 95.1 Å². The second-order valence-electron chi connectivity index (χ2n) is 24.6. The van der Waals surface area contributed by atoms with Crippen LogP contribution in [0.25, 0.3) is 122 Å². The van der Waals surface area contributed by atoms with Crippen molar-refractivity contribution in [3.63, 3.8) is 0 Å². The van der Waals surface area contributed by atoms with Crippen LogP contribution in [0.1, 0.15) is 83.5 Å². The fourth-order valence-electron chi connectivity index (χ4n) is 14.9. The minimum absolute atomic E-state index is 0.123. The van der Waals surface area contributed by atoms with Gasteiger partial charge in [0, 0.05) is 38.4 Å². The largest absolute Gasteiger partial charge is 0.416 e. The van der Waals surface area contributed by atoms with Crippen molar-refractivity contribution in [2.45, 2.75) is 89.3 Å². The van der Waals surface area contributed by atoms with Crippen molar-refractivity contribution in [2.75, 3.05) is 0 Å². The molecule has 0 amide bonds. The Hall–Kier alpha value is -10.2. The van der Waals surface area contributed by atoms with E-state index in [1.807, 2.05) is 30.3 Å². The van der Waals surface area contributed by atoms with Crippen LogP contribution in [-0.2, 0) is 6.18 Å². The lowest BCUT2D eigenvalue weighted by molar-refractivity contribution is -0.137. The Morgan fingerprint density at radius 1 is 0.318 bits per heavy atom. The Bertz CT molecular complexity index is 4920. The number of halogens is 3. The van der Waals surface area contributed by atoms with Crippen LogP contribution < -0.4 is 0 Å². The van der Waals surface area contributed by atoms with Gasteiger partial charge in [-0.1, -0.05) is 107 Å². The maximum Gasteiger partial charge on any atom is 0.416 e. The molecule has 0 radical (unpaired) electrons. The standard InChI is InChI=1S/C81H65F3N4/c1-44-27-48(5)77(49(6)28-44)57-14-23-72-68(37-57)69-38-58(78-50(7)29-45(2)30-51(78)8)15-24-73(69)87(72)63-19-21-65(64-20-18-62(81(82,83)84)36-61(64)43-86)66(41-63)67-35-56(42-85)13-22-74(67)88-75-25-16-59(79-52(9)31-46(3)32-53(79)10)39-70(75)71-40-60(17-26-76(71)88)80-54(11)33-47(4)34-55(80)12/h13-41H,1-12H3. The Kier molecular flexibility index (Phi) is 13.8. The van der Waals surface area contributed by atoms with Crippen LogP contribution in [0.3, 0.4) is 0 Å². The number of aromatic nitrogens is 2. The summed E-state index contributed by atoms with van der Waals surface area (Å²) >= 11 is 0. The Morgan fingerprint density at radius 2 is 0.682 bits per heavy atom. The molecule has 430 valence electrons. The van der Waals surface area contributed by atoms with Crippen LogP contribution >= 0.6 is 0 Å². The molecule has 7 heteroatoms. The molecule has 13 rings (SSSR count). The van der Waals surface area contributed by atoms with Gasteiger partial charge in [-0.3, -0.25) is 0 Å². The van der Waals surface area contributed by atoms with E-state index in [4.69, 9.17) is 0 Å². The van der Waals surface area contributed by atoms with Gasteiger partial charge in [0.25, 0.3) is 0 Å². The second kappa shape index (κ2) is 21.3. The first-order chi connectivity index (χ1) is 42.1. The lowest BCUT2D eigenvalue weighted by Gasteiger charge is -2.20. The van der Waals surface area contributed by atoms with Crippen molar-refractivity contribution in [1.29, 1.82) is 10.5 Å². The number of rotatable bonds is 8. The molecule has 0 unspecified atom stereocenters. The molecule has 11 aromatic carbocycles. The van der Waals surface area contributed by atoms with Crippen LogP contribution in [0.2, 0.25) is 0 Å². The first kappa shape index (κ1) is 56.9. The van der Waals surface area contributed by atoms with E-state index in [0.29, 0.717) is 27.8 Å². The van der Waals surface area contributed by atoms with Gasteiger partial charge in [0.1, 0.15) is 0 Å². The third-order valence-electron chi connectivity index (χ3n) is 18.1. The van der Waals surface area contributed by atoms with Gasteiger partial charge in [0.05, 0.1) is 56.6 Å². The number of nitrogens with zero attached hydrogens (tertiary/aromatic N) is 4. The van der Waals surface area contributed by atoms with Gasteiger partial charge >= 0.3 is 6.18 Å². The van der Waals surface area contributed by atoms with Crippen LogP contribution in [0, 0.1) is 106 Å². The zero-order valence-corrected chi connectivity index (χ0v) is 51.7. The highest BCUT2D eigenvalue weighted by Crippen LogP contribution is 2.47. The normalized spacial score (nSPS) is 11.8. The SMILES string of the molecule is Cc1cc(C)c(-c2ccc3c(c2)c2cc(-c4c(C)cc(C)cc4C)ccc2n3-c2ccc(-c3ccc(C(F)(F)F)cc3C#N)c(-c3cc(C#N)ccc3-n3c4ccc(-c5c(C)cc(C)cc5C)cc4c4cc(-c5c(C)cc(C)cc5C)ccc43)c2)c(C)c1. The number of hydrogen-bond acceptors (Lipinski definition) is 2. The zero-order valence-electron chi connectivity index (χ0n) is 51.7. The topological polar surface area (TPSA) is 57.4 Å². The summed E-state index contributed by atoms with van der Waals surface area (Å²) in [5.74, 6) is 0. The molecule has 2 aromatic heterocycles. The van der Waals surface area contributed by atoms with E-state index in [-0.39, 0.29) is 5.56 Å². The molecule has 0 aliphatic heterocycles. The number of aryl methyl sites for hydroxylation is 12. The summed E-state index contributed by atoms with van der Waals surface area (Å²) in [7, 11) is 0. The third-order valence-corrected chi connectivity index (χ3v) is 18.1. The Labute approximate surface area is 512 Å². The molecule has 88 heavy (non-hydrogen) atoms. The quantitative estimate of drug-likeness (QED) is 0.152. The van der Waals surface area contributed by atoms with Gasteiger partial charge in [-0.2, -0.15) is 23.7 Å². The van der Waals surface area contributed by atoms with Crippen LogP contribution in [0.4, 0.5) is 13.2 Å². The van der Waals surface area contributed by atoms with Gasteiger partial charge in [0.15, 0.2) is 0 Å². The zero-order chi connectivity index (χ0) is 61.9.